The molecule has 7 nitrogen and oxygen atoms in total. The number of anilines is 2. The first kappa shape index (κ1) is 19.6. The molecule has 0 radical (unpaired) electrons. The van der Waals surface area contributed by atoms with E-state index in [2.05, 4.69) is 15.4 Å². The Bertz CT molecular complexity index is 902. The van der Waals surface area contributed by atoms with Gasteiger partial charge in [-0.05, 0) is 49.2 Å². The van der Waals surface area contributed by atoms with Crippen LogP contribution in [-0.2, 0) is 19.6 Å². The van der Waals surface area contributed by atoms with Crippen molar-refractivity contribution >= 4 is 33.2 Å². The van der Waals surface area contributed by atoms with E-state index in [1.807, 2.05) is 32.0 Å². The second-order valence-electron chi connectivity index (χ2n) is 5.85. The van der Waals surface area contributed by atoms with Gasteiger partial charge < -0.3 is 10.6 Å². The van der Waals surface area contributed by atoms with E-state index in [0.717, 1.165) is 11.1 Å². The van der Waals surface area contributed by atoms with Gasteiger partial charge in [0.1, 0.15) is 0 Å². The number of aryl methyl sites for hydroxylation is 2. The third-order valence-corrected chi connectivity index (χ3v) is 5.07. The Kier molecular flexibility index (Phi) is 6.12. The molecular formula is C18H21N3O4S. The molecule has 8 heteroatoms. The standard InChI is InChI=1S/C18H21N3O4S/c1-12-5-4-6-13(2)18(12)21-17(23)11-19-26(24,25)16-9-7-15(8-10-16)20-14(3)22/h4-10,19H,11H2,1-3H3,(H,20,22)(H,21,23). The first-order valence-corrected chi connectivity index (χ1v) is 9.41. The Labute approximate surface area is 152 Å². The van der Waals surface area contributed by atoms with Crippen LogP contribution in [-0.4, -0.2) is 26.8 Å². The van der Waals surface area contributed by atoms with Gasteiger partial charge in [0, 0.05) is 18.3 Å². The van der Waals surface area contributed by atoms with E-state index in [9.17, 15) is 18.0 Å². The topological polar surface area (TPSA) is 104 Å². The van der Waals surface area contributed by atoms with Crippen LogP contribution in [0.4, 0.5) is 11.4 Å². The van der Waals surface area contributed by atoms with Gasteiger partial charge in [-0.1, -0.05) is 18.2 Å². The molecule has 0 aromatic heterocycles. The molecule has 3 N–H and O–H groups in total. The summed E-state index contributed by atoms with van der Waals surface area (Å²) in [5.41, 5.74) is 2.96. The van der Waals surface area contributed by atoms with Gasteiger partial charge in [-0.15, -0.1) is 0 Å². The third kappa shape index (κ3) is 5.14. The summed E-state index contributed by atoms with van der Waals surface area (Å²) in [5, 5.41) is 5.27. The molecule has 0 unspecified atom stereocenters. The maximum absolute atomic E-state index is 12.3. The van der Waals surface area contributed by atoms with Crippen molar-refractivity contribution in [1.29, 1.82) is 0 Å². The first-order valence-electron chi connectivity index (χ1n) is 7.92. The van der Waals surface area contributed by atoms with Gasteiger partial charge in [0.15, 0.2) is 0 Å². The fourth-order valence-corrected chi connectivity index (χ4v) is 3.34. The van der Waals surface area contributed by atoms with Crippen molar-refractivity contribution in [3.63, 3.8) is 0 Å². The number of amides is 2. The van der Waals surface area contributed by atoms with Crippen molar-refractivity contribution in [3.8, 4) is 0 Å². The summed E-state index contributed by atoms with van der Waals surface area (Å²) in [6.07, 6.45) is 0. The van der Waals surface area contributed by atoms with Crippen LogP contribution in [0.25, 0.3) is 0 Å². The van der Waals surface area contributed by atoms with E-state index in [4.69, 9.17) is 0 Å². The minimum atomic E-state index is -3.84. The Balaban J connectivity index is 2.01. The smallest absolute Gasteiger partial charge is 0.241 e. The molecule has 2 amide bonds. The van der Waals surface area contributed by atoms with E-state index in [1.54, 1.807) is 0 Å². The molecule has 0 saturated heterocycles. The number of para-hydroxylation sites is 1. The van der Waals surface area contributed by atoms with Crippen LogP contribution in [0.15, 0.2) is 47.4 Å². The zero-order valence-electron chi connectivity index (χ0n) is 14.8. The quantitative estimate of drug-likeness (QED) is 0.720. The lowest BCUT2D eigenvalue weighted by Crippen LogP contribution is -2.33. The second kappa shape index (κ2) is 8.11. The Hall–Kier alpha value is -2.71. The molecule has 2 aromatic rings. The van der Waals surface area contributed by atoms with Gasteiger partial charge in [-0.2, -0.15) is 0 Å². The van der Waals surface area contributed by atoms with Crippen LogP contribution >= 0.6 is 0 Å². The predicted molar refractivity (Wildman–Crippen MR) is 100 cm³/mol. The third-order valence-electron chi connectivity index (χ3n) is 3.65. The highest BCUT2D eigenvalue weighted by atomic mass is 32.2. The minimum absolute atomic E-state index is 0.00599. The molecular weight excluding hydrogens is 354 g/mol. The molecule has 2 rings (SSSR count). The maximum Gasteiger partial charge on any atom is 0.241 e. The van der Waals surface area contributed by atoms with E-state index in [1.165, 1.54) is 31.2 Å². The highest BCUT2D eigenvalue weighted by molar-refractivity contribution is 7.89. The monoisotopic (exact) mass is 375 g/mol. The molecule has 0 heterocycles. The molecule has 0 atom stereocenters. The Morgan fingerprint density at radius 2 is 1.50 bits per heavy atom. The highest BCUT2D eigenvalue weighted by Gasteiger charge is 2.16. The van der Waals surface area contributed by atoms with Crippen molar-refractivity contribution in [2.24, 2.45) is 0 Å². The number of nitrogens with one attached hydrogen (secondary N) is 3. The van der Waals surface area contributed by atoms with Crippen molar-refractivity contribution in [2.75, 3.05) is 17.2 Å². The SMILES string of the molecule is CC(=O)Nc1ccc(S(=O)(=O)NCC(=O)Nc2c(C)cccc2C)cc1. The minimum Gasteiger partial charge on any atom is -0.326 e. The molecule has 0 spiro atoms. The molecule has 0 bridgehead atoms. The van der Waals surface area contributed by atoms with Crippen LogP contribution in [0.3, 0.4) is 0 Å². The summed E-state index contributed by atoms with van der Waals surface area (Å²) < 4.78 is 26.8. The van der Waals surface area contributed by atoms with Gasteiger partial charge in [0.05, 0.1) is 11.4 Å². The lowest BCUT2D eigenvalue weighted by atomic mass is 10.1. The van der Waals surface area contributed by atoms with Gasteiger partial charge in [0.25, 0.3) is 0 Å². The van der Waals surface area contributed by atoms with Crippen molar-refractivity contribution in [3.05, 3.63) is 53.6 Å². The van der Waals surface area contributed by atoms with Gasteiger partial charge in [-0.3, -0.25) is 9.59 Å². The van der Waals surface area contributed by atoms with Crippen LogP contribution in [0.1, 0.15) is 18.1 Å². The summed E-state index contributed by atoms with van der Waals surface area (Å²) in [5.74, 6) is -0.706. The number of benzene rings is 2. The molecule has 2 aromatic carbocycles. The van der Waals surface area contributed by atoms with Crippen LogP contribution in [0.2, 0.25) is 0 Å². The summed E-state index contributed by atoms with van der Waals surface area (Å²) >= 11 is 0. The average molecular weight is 375 g/mol. The van der Waals surface area contributed by atoms with Crippen molar-refractivity contribution in [2.45, 2.75) is 25.7 Å². The predicted octanol–water partition coefficient (Wildman–Crippen LogP) is 2.18. The Morgan fingerprint density at radius 3 is 2.04 bits per heavy atom. The van der Waals surface area contributed by atoms with E-state index in [0.29, 0.717) is 11.4 Å². The number of carbonyl (C=O) groups excluding carboxylic acids is 2. The molecule has 0 fully saturated rings. The van der Waals surface area contributed by atoms with E-state index in [-0.39, 0.29) is 17.3 Å². The zero-order valence-corrected chi connectivity index (χ0v) is 15.6. The summed E-state index contributed by atoms with van der Waals surface area (Å²) in [4.78, 5) is 23.1. The molecule has 0 aliphatic rings. The molecule has 0 aliphatic carbocycles. The van der Waals surface area contributed by atoms with Gasteiger partial charge >= 0.3 is 0 Å². The molecule has 138 valence electrons. The largest absolute Gasteiger partial charge is 0.326 e. The lowest BCUT2D eigenvalue weighted by Gasteiger charge is -2.12. The lowest BCUT2D eigenvalue weighted by molar-refractivity contribution is -0.115. The maximum atomic E-state index is 12.3. The number of carbonyl (C=O) groups is 2. The molecule has 0 saturated carbocycles. The fourth-order valence-electron chi connectivity index (χ4n) is 2.36. The van der Waals surface area contributed by atoms with E-state index >= 15 is 0 Å². The van der Waals surface area contributed by atoms with Gasteiger partial charge in [-0.25, -0.2) is 13.1 Å². The van der Waals surface area contributed by atoms with Crippen LogP contribution in [0, 0.1) is 13.8 Å². The average Bonchev–Trinajstić information content (AvgIpc) is 2.56. The number of hydrogen-bond acceptors (Lipinski definition) is 4. The number of hydrogen-bond donors (Lipinski definition) is 3. The number of rotatable bonds is 6. The molecule has 0 aliphatic heterocycles. The Morgan fingerprint density at radius 1 is 0.923 bits per heavy atom. The summed E-state index contributed by atoms with van der Waals surface area (Å²) in [7, 11) is -3.84. The van der Waals surface area contributed by atoms with Crippen LogP contribution in [0.5, 0.6) is 0 Å². The van der Waals surface area contributed by atoms with Crippen molar-refractivity contribution < 1.29 is 18.0 Å². The highest BCUT2D eigenvalue weighted by Crippen LogP contribution is 2.19. The van der Waals surface area contributed by atoms with E-state index < -0.39 is 15.9 Å². The summed E-state index contributed by atoms with van der Waals surface area (Å²) in [6, 6.07) is 11.3. The zero-order chi connectivity index (χ0) is 19.3. The normalized spacial score (nSPS) is 11.0. The number of sulfonamides is 1. The first-order chi connectivity index (χ1) is 12.2. The fraction of sp³-hybridized carbons (Fsp3) is 0.222. The van der Waals surface area contributed by atoms with Gasteiger partial charge in [0.2, 0.25) is 21.8 Å². The molecule has 26 heavy (non-hydrogen) atoms. The van der Waals surface area contributed by atoms with Crippen LogP contribution < -0.4 is 15.4 Å². The summed E-state index contributed by atoms with van der Waals surface area (Å²) in [6.45, 7) is 4.71. The second-order valence-corrected chi connectivity index (χ2v) is 7.61. The van der Waals surface area contributed by atoms with Crippen molar-refractivity contribution in [1.82, 2.24) is 4.72 Å².